The summed E-state index contributed by atoms with van der Waals surface area (Å²) in [6.45, 7) is 5.69. The molecule has 0 radical (unpaired) electrons. The quantitative estimate of drug-likeness (QED) is 0.154. The molecule has 2 atom stereocenters. The minimum Gasteiger partial charge on any atom is -0.402 e. The number of aryl methyl sites for hydroxylation is 1. The van der Waals surface area contributed by atoms with Crippen molar-refractivity contribution in [2.24, 2.45) is 23.3 Å². The predicted molar refractivity (Wildman–Crippen MR) is 165 cm³/mol. The van der Waals surface area contributed by atoms with E-state index in [2.05, 4.69) is 52.1 Å². The summed E-state index contributed by atoms with van der Waals surface area (Å²) in [6.07, 6.45) is 21.9. The molecule has 1 heterocycles. The zero-order valence-electron chi connectivity index (χ0n) is 24.4. The van der Waals surface area contributed by atoms with Gasteiger partial charge in [-0.05, 0) is 81.1 Å². The lowest BCUT2D eigenvalue weighted by atomic mass is 9.88. The van der Waals surface area contributed by atoms with Crippen LogP contribution in [-0.4, -0.2) is 32.7 Å². The van der Waals surface area contributed by atoms with Crippen molar-refractivity contribution >= 4 is 28.3 Å². The highest BCUT2D eigenvalue weighted by Crippen LogP contribution is 2.26. The lowest BCUT2D eigenvalue weighted by molar-refractivity contribution is -0.119. The van der Waals surface area contributed by atoms with E-state index in [0.29, 0.717) is 42.4 Å². The van der Waals surface area contributed by atoms with E-state index in [0.717, 1.165) is 48.3 Å². The maximum Gasteiger partial charge on any atom is 0.229 e. The summed E-state index contributed by atoms with van der Waals surface area (Å²) in [5.41, 5.74) is 14.0. The van der Waals surface area contributed by atoms with E-state index in [9.17, 15) is 14.7 Å². The number of anilines is 1. The Morgan fingerprint density at radius 3 is 2.59 bits per heavy atom. The van der Waals surface area contributed by atoms with Crippen molar-refractivity contribution in [3.63, 3.8) is 0 Å². The molecule has 0 saturated carbocycles. The maximum absolute atomic E-state index is 12.6. The number of nitrogens with zero attached hydrogens (tertiary/aromatic N) is 2. The predicted octanol–water partition coefficient (Wildman–Crippen LogP) is 4.91. The second-order valence-corrected chi connectivity index (χ2v) is 12.6. The summed E-state index contributed by atoms with van der Waals surface area (Å²) in [6, 6.07) is 0. The van der Waals surface area contributed by atoms with Crippen molar-refractivity contribution in [1.82, 2.24) is 15.5 Å². The minimum atomic E-state index is -0.779. The lowest BCUT2D eigenvalue weighted by Gasteiger charge is -2.21. The number of aliphatic hydroxyl groups is 1. The van der Waals surface area contributed by atoms with Crippen LogP contribution in [0.25, 0.3) is 0 Å². The van der Waals surface area contributed by atoms with Gasteiger partial charge in [-0.1, -0.05) is 54.7 Å². The van der Waals surface area contributed by atoms with Crippen LogP contribution in [0.4, 0.5) is 5.13 Å². The third-order valence-corrected chi connectivity index (χ3v) is 7.49. The molecule has 3 rings (SSSR count). The Hall–Kier alpha value is -3.50. The van der Waals surface area contributed by atoms with Gasteiger partial charge >= 0.3 is 0 Å². The van der Waals surface area contributed by atoms with Crippen LogP contribution in [0.15, 0.2) is 71.3 Å². The molecule has 9 nitrogen and oxygen atoms in total. The van der Waals surface area contributed by atoms with Crippen molar-refractivity contribution in [2.75, 3.05) is 5.32 Å². The van der Waals surface area contributed by atoms with E-state index in [1.54, 1.807) is 26.0 Å². The topological polar surface area (TPSA) is 156 Å². The number of allylic oxidation sites excluding steroid dienone is 9. The number of rotatable bonds is 14. The fourth-order valence-electron chi connectivity index (χ4n) is 4.75. The van der Waals surface area contributed by atoms with Crippen LogP contribution in [0.2, 0.25) is 0 Å². The van der Waals surface area contributed by atoms with Crippen molar-refractivity contribution in [1.29, 1.82) is 0 Å². The average Bonchev–Trinajstić information content (AvgIpc) is 3.31. The molecule has 1 aromatic rings. The van der Waals surface area contributed by atoms with Gasteiger partial charge in [-0.25, -0.2) is 0 Å². The van der Waals surface area contributed by atoms with E-state index in [1.807, 2.05) is 12.2 Å². The molecule has 222 valence electrons. The third kappa shape index (κ3) is 12.7. The van der Waals surface area contributed by atoms with Gasteiger partial charge in [0, 0.05) is 25.0 Å². The second kappa shape index (κ2) is 15.5. The number of hydrogen-bond acceptors (Lipinski definition) is 8. The Balaban J connectivity index is 1.34. The van der Waals surface area contributed by atoms with Gasteiger partial charge in [-0.2, -0.15) is 0 Å². The Morgan fingerprint density at radius 1 is 1.07 bits per heavy atom. The van der Waals surface area contributed by atoms with Crippen molar-refractivity contribution in [3.05, 3.63) is 76.3 Å². The first-order valence-corrected chi connectivity index (χ1v) is 15.1. The fraction of sp³-hybridized carbons (Fsp3) is 0.484. The molecule has 10 heteroatoms. The molecule has 7 N–H and O–H groups in total. The molecule has 0 fully saturated rings. The highest BCUT2D eigenvalue weighted by molar-refractivity contribution is 7.15. The molecule has 0 bridgehead atoms. The smallest absolute Gasteiger partial charge is 0.229 e. The molecular formula is C31H44N6O3S. The fourth-order valence-corrected chi connectivity index (χ4v) is 5.55. The lowest BCUT2D eigenvalue weighted by Crippen LogP contribution is -2.27. The van der Waals surface area contributed by atoms with E-state index >= 15 is 0 Å². The monoisotopic (exact) mass is 580 g/mol. The van der Waals surface area contributed by atoms with Gasteiger partial charge in [0.15, 0.2) is 0 Å². The number of amides is 2. The number of aromatic nitrogens is 2. The summed E-state index contributed by atoms with van der Waals surface area (Å²) in [5, 5.41) is 25.3. The first-order valence-electron chi connectivity index (χ1n) is 14.3. The normalized spacial score (nSPS) is 19.5. The van der Waals surface area contributed by atoms with Crippen LogP contribution in [0.1, 0.15) is 77.1 Å². The van der Waals surface area contributed by atoms with Crippen LogP contribution < -0.4 is 22.1 Å². The summed E-state index contributed by atoms with van der Waals surface area (Å²) in [4.78, 5) is 24.8. The minimum absolute atomic E-state index is 0.0919. The zero-order valence-corrected chi connectivity index (χ0v) is 25.2. The molecule has 0 aliphatic heterocycles. The first-order chi connectivity index (χ1) is 19.4. The van der Waals surface area contributed by atoms with E-state index in [-0.39, 0.29) is 23.6 Å². The average molecular weight is 581 g/mol. The molecule has 0 aromatic carbocycles. The van der Waals surface area contributed by atoms with Crippen LogP contribution >= 0.6 is 11.3 Å². The second-order valence-electron chi connectivity index (χ2n) is 11.5. The standard InChI is InChI=1S/C31H44N6O3S/c1-21-8-6-9-22(16-21)18-27(38)34-26(33)15-14-25(32)12-4-5-13-29-36-37-30(41-29)35-28(39)19-23-10-7-11-24(17-23)20-31(2,3)40/h6-7,9,11,14-17,21,23,40H,4-5,8,10,12-13,18-20,32-33H2,1-3H3,(H,34,38)(H,35,37,39)/b25-14-,26-15+. The van der Waals surface area contributed by atoms with Crippen molar-refractivity contribution in [2.45, 2.75) is 84.2 Å². The van der Waals surface area contributed by atoms with Gasteiger partial charge < -0.3 is 27.2 Å². The molecule has 0 saturated heterocycles. The number of carbonyl (C=O) groups is 2. The van der Waals surface area contributed by atoms with Crippen LogP contribution in [-0.2, 0) is 16.0 Å². The highest BCUT2D eigenvalue weighted by atomic mass is 32.1. The first kappa shape index (κ1) is 32.0. The molecule has 2 aliphatic carbocycles. The zero-order chi connectivity index (χ0) is 29.8. The molecular weight excluding hydrogens is 536 g/mol. The van der Waals surface area contributed by atoms with Crippen LogP contribution in [0.5, 0.6) is 0 Å². The highest BCUT2D eigenvalue weighted by Gasteiger charge is 2.19. The number of hydrogen-bond donors (Lipinski definition) is 5. The Morgan fingerprint density at radius 2 is 1.83 bits per heavy atom. The van der Waals surface area contributed by atoms with E-state index in [1.165, 1.54) is 11.3 Å². The van der Waals surface area contributed by atoms with Crippen LogP contribution in [0.3, 0.4) is 0 Å². The molecule has 2 amide bonds. The van der Waals surface area contributed by atoms with Gasteiger partial charge in [0.25, 0.3) is 0 Å². The van der Waals surface area contributed by atoms with Gasteiger partial charge in [-0.3, -0.25) is 9.59 Å². The summed E-state index contributed by atoms with van der Waals surface area (Å²) in [5.74, 6) is 0.569. The van der Waals surface area contributed by atoms with Gasteiger partial charge in [0.2, 0.25) is 16.9 Å². The number of carbonyl (C=O) groups excluding carboxylic acids is 2. The van der Waals surface area contributed by atoms with Crippen molar-refractivity contribution < 1.29 is 14.7 Å². The maximum atomic E-state index is 12.6. The van der Waals surface area contributed by atoms with E-state index < -0.39 is 5.60 Å². The van der Waals surface area contributed by atoms with Crippen molar-refractivity contribution in [3.8, 4) is 0 Å². The molecule has 2 aliphatic rings. The summed E-state index contributed by atoms with van der Waals surface area (Å²) >= 11 is 1.39. The number of nitrogens with one attached hydrogen (secondary N) is 2. The molecule has 41 heavy (non-hydrogen) atoms. The van der Waals surface area contributed by atoms with E-state index in [4.69, 9.17) is 11.5 Å². The third-order valence-electron chi connectivity index (χ3n) is 6.59. The Kier molecular flexibility index (Phi) is 12.1. The van der Waals surface area contributed by atoms with Crippen LogP contribution in [0, 0.1) is 11.8 Å². The molecule has 0 spiro atoms. The van der Waals surface area contributed by atoms with Gasteiger partial charge in [0.1, 0.15) is 10.8 Å². The molecule has 2 unspecified atom stereocenters. The van der Waals surface area contributed by atoms with Gasteiger partial charge in [0.05, 0.1) is 12.0 Å². The van der Waals surface area contributed by atoms with Gasteiger partial charge in [-0.15, -0.1) is 10.2 Å². The SMILES string of the molecule is CC1C=C(CC(=O)N/C(N)=C/C=C(\N)CCCCc2nnc(NC(=O)CC3C=C(CC(C)(C)O)C=CC3)s2)C=CC1. The largest absolute Gasteiger partial charge is 0.402 e. The summed E-state index contributed by atoms with van der Waals surface area (Å²) < 4.78 is 0. The molecule has 1 aromatic heterocycles. The Labute approximate surface area is 247 Å². The Bertz CT molecular complexity index is 1250. The summed E-state index contributed by atoms with van der Waals surface area (Å²) in [7, 11) is 0. The number of unbranched alkanes of at least 4 members (excludes halogenated alkanes) is 1. The number of nitrogens with two attached hydrogens (primary N) is 2.